The zero-order chi connectivity index (χ0) is 22.5. The Labute approximate surface area is 183 Å². The highest BCUT2D eigenvalue weighted by Crippen LogP contribution is 2.35. The predicted molar refractivity (Wildman–Crippen MR) is 115 cm³/mol. The number of hydrogen-bond acceptors (Lipinski definition) is 8. The van der Waals surface area contributed by atoms with Crippen LogP contribution in [0.1, 0.15) is 18.5 Å². The van der Waals surface area contributed by atoms with Gasteiger partial charge in [0.2, 0.25) is 5.91 Å². The van der Waals surface area contributed by atoms with Crippen LogP contribution >= 0.6 is 22.9 Å². The Morgan fingerprint density at radius 1 is 1.33 bits per heavy atom. The third-order valence-corrected chi connectivity index (χ3v) is 6.79. The molecule has 0 aliphatic rings. The zero-order valence-electron chi connectivity index (χ0n) is 16.3. The van der Waals surface area contributed by atoms with Crippen LogP contribution in [0, 0.1) is 6.92 Å². The molecule has 2 aromatic rings. The fraction of sp³-hybridized carbons (Fsp3) is 0.389. The molecule has 1 aromatic carbocycles. The second kappa shape index (κ2) is 10.3. The van der Waals surface area contributed by atoms with Crippen LogP contribution in [0.3, 0.4) is 0 Å². The summed E-state index contributed by atoms with van der Waals surface area (Å²) in [6.07, 6.45) is 1.59. The van der Waals surface area contributed by atoms with E-state index in [0.717, 1.165) is 6.26 Å². The zero-order valence-corrected chi connectivity index (χ0v) is 18.7. The number of halogens is 1. The number of aryl methyl sites for hydroxylation is 1. The third-order valence-electron chi connectivity index (χ3n) is 4.09. The second-order valence-corrected chi connectivity index (χ2v) is 9.92. The van der Waals surface area contributed by atoms with Crippen LogP contribution in [-0.2, 0) is 19.4 Å². The van der Waals surface area contributed by atoms with E-state index in [4.69, 9.17) is 21.8 Å². The molecule has 9 nitrogen and oxygen atoms in total. The Bertz CT molecular complexity index is 1040. The van der Waals surface area contributed by atoms with Crippen molar-refractivity contribution < 1.29 is 28.2 Å². The first-order chi connectivity index (χ1) is 14.0. The van der Waals surface area contributed by atoms with Crippen molar-refractivity contribution in [1.29, 1.82) is 0 Å². The quantitative estimate of drug-likeness (QED) is 0.381. The first kappa shape index (κ1) is 24.2. The Balaban J connectivity index is 2.02. The summed E-state index contributed by atoms with van der Waals surface area (Å²) >= 11 is 7.20. The molecule has 30 heavy (non-hydrogen) atoms. The van der Waals surface area contributed by atoms with E-state index in [1.165, 1.54) is 23.5 Å². The van der Waals surface area contributed by atoms with Gasteiger partial charge in [-0.25, -0.2) is 13.4 Å². The summed E-state index contributed by atoms with van der Waals surface area (Å²) in [5.74, 6) is -1.45. The molecule has 1 atom stereocenters. The molecule has 0 aliphatic carbocycles. The molecule has 164 valence electrons. The smallest absolute Gasteiger partial charge is 0.323 e. The number of nitrogens with zero attached hydrogens (tertiary/aromatic N) is 1. The van der Waals surface area contributed by atoms with Crippen LogP contribution < -0.4 is 10.6 Å². The molecule has 12 heteroatoms. The van der Waals surface area contributed by atoms with Crippen molar-refractivity contribution in [3.63, 3.8) is 0 Å². The number of aliphatic hydroxyl groups is 1. The van der Waals surface area contributed by atoms with Gasteiger partial charge in [0.15, 0.2) is 15.0 Å². The minimum Gasteiger partial charge on any atom is -0.480 e. The van der Waals surface area contributed by atoms with Gasteiger partial charge in [0.1, 0.15) is 6.04 Å². The van der Waals surface area contributed by atoms with Gasteiger partial charge in [-0.2, -0.15) is 0 Å². The van der Waals surface area contributed by atoms with Crippen LogP contribution in [0.5, 0.6) is 0 Å². The number of thiazole rings is 1. The van der Waals surface area contributed by atoms with Crippen LogP contribution in [0.2, 0.25) is 5.02 Å². The number of carbonyl (C=O) groups excluding carboxylic acids is 1. The van der Waals surface area contributed by atoms with Gasteiger partial charge >= 0.3 is 5.97 Å². The summed E-state index contributed by atoms with van der Waals surface area (Å²) in [5, 5.41) is 23.6. The number of aliphatic carboxylic acids is 1. The number of carboxylic acids is 1. The molecule has 0 radical (unpaired) electrons. The van der Waals surface area contributed by atoms with Gasteiger partial charge in [0.05, 0.1) is 27.1 Å². The molecule has 2 rings (SSSR count). The number of aliphatic hydroxyl groups excluding tert-OH is 1. The van der Waals surface area contributed by atoms with E-state index in [1.54, 1.807) is 13.0 Å². The molecule has 4 N–H and O–H groups in total. The van der Waals surface area contributed by atoms with Gasteiger partial charge < -0.3 is 20.8 Å². The number of amides is 1. The summed E-state index contributed by atoms with van der Waals surface area (Å²) in [6, 6.07) is 3.62. The fourth-order valence-electron chi connectivity index (χ4n) is 2.58. The second-order valence-electron chi connectivity index (χ2n) is 6.53. The highest BCUT2D eigenvalue weighted by atomic mass is 35.5. The average Bonchev–Trinajstić information content (AvgIpc) is 3.00. The van der Waals surface area contributed by atoms with Crippen molar-refractivity contribution in [1.82, 2.24) is 10.3 Å². The first-order valence-corrected chi connectivity index (χ1v) is 12.0. The van der Waals surface area contributed by atoms with Crippen molar-refractivity contribution in [2.45, 2.75) is 30.7 Å². The molecular weight excluding hydrogens is 454 g/mol. The molecule has 0 aliphatic heterocycles. The van der Waals surface area contributed by atoms with Gasteiger partial charge in [-0.1, -0.05) is 29.0 Å². The predicted octanol–water partition coefficient (Wildman–Crippen LogP) is 1.93. The SMILES string of the molecule is Cc1nc(NC(=O)CCCN[C@@H](CO)C(=O)O)sc1-c1ccc(Cl)c(S(C)(=O)=O)c1. The van der Waals surface area contributed by atoms with Crippen LogP contribution in [0.15, 0.2) is 23.1 Å². The number of carbonyl (C=O) groups is 2. The van der Waals surface area contributed by atoms with E-state index in [0.29, 0.717) is 27.7 Å². The van der Waals surface area contributed by atoms with Gasteiger partial charge in [-0.15, -0.1) is 0 Å². The lowest BCUT2D eigenvalue weighted by Gasteiger charge is -2.10. The molecule has 0 fully saturated rings. The van der Waals surface area contributed by atoms with Gasteiger partial charge in [-0.05, 0) is 37.6 Å². The summed E-state index contributed by atoms with van der Waals surface area (Å²) in [6.45, 7) is 1.47. The Kier molecular flexibility index (Phi) is 8.33. The molecule has 1 heterocycles. The first-order valence-electron chi connectivity index (χ1n) is 8.87. The van der Waals surface area contributed by atoms with Crippen LogP contribution in [0.4, 0.5) is 5.13 Å². The van der Waals surface area contributed by atoms with Crippen molar-refractivity contribution in [3.8, 4) is 10.4 Å². The monoisotopic (exact) mass is 475 g/mol. The van der Waals surface area contributed by atoms with Crippen LogP contribution in [-0.4, -0.2) is 60.9 Å². The number of anilines is 1. The van der Waals surface area contributed by atoms with E-state index in [1.807, 2.05) is 0 Å². The standard InChI is InChI=1S/C18H22ClN3O6S2/c1-10-16(11-5-6-12(19)14(8-11)30(2,27)28)29-18(21-10)22-15(24)4-3-7-20-13(9-23)17(25)26/h5-6,8,13,20,23H,3-4,7,9H2,1-2H3,(H,25,26)(H,21,22,24)/t13-/m0/s1. The molecule has 1 amide bonds. The van der Waals surface area contributed by atoms with Crippen molar-refractivity contribution in [2.75, 3.05) is 24.7 Å². The number of hydrogen-bond donors (Lipinski definition) is 4. The Morgan fingerprint density at radius 2 is 2.03 bits per heavy atom. The molecule has 0 spiro atoms. The van der Waals surface area contributed by atoms with Gasteiger partial charge in [0.25, 0.3) is 0 Å². The van der Waals surface area contributed by atoms with Gasteiger partial charge in [0, 0.05) is 12.7 Å². The summed E-state index contributed by atoms with van der Waals surface area (Å²) in [7, 11) is -3.49. The molecular formula is C18H22ClN3O6S2. The summed E-state index contributed by atoms with van der Waals surface area (Å²) < 4.78 is 23.8. The number of nitrogens with one attached hydrogen (secondary N) is 2. The van der Waals surface area contributed by atoms with Crippen molar-refractivity contribution in [2.24, 2.45) is 0 Å². The van der Waals surface area contributed by atoms with E-state index in [-0.39, 0.29) is 28.8 Å². The van der Waals surface area contributed by atoms with Gasteiger partial charge in [-0.3, -0.25) is 9.59 Å². The lowest BCUT2D eigenvalue weighted by molar-refractivity contribution is -0.140. The maximum Gasteiger partial charge on any atom is 0.323 e. The number of benzene rings is 1. The van der Waals surface area contributed by atoms with Crippen molar-refractivity contribution in [3.05, 3.63) is 28.9 Å². The normalized spacial score (nSPS) is 12.5. The Hall–Kier alpha value is -2.05. The lowest BCUT2D eigenvalue weighted by Crippen LogP contribution is -2.40. The highest BCUT2D eigenvalue weighted by Gasteiger charge is 2.18. The van der Waals surface area contributed by atoms with E-state index < -0.39 is 28.5 Å². The van der Waals surface area contributed by atoms with E-state index >= 15 is 0 Å². The summed E-state index contributed by atoms with van der Waals surface area (Å²) in [5.41, 5.74) is 1.26. The third kappa shape index (κ3) is 6.47. The van der Waals surface area contributed by atoms with Crippen LogP contribution in [0.25, 0.3) is 10.4 Å². The van der Waals surface area contributed by atoms with Crippen molar-refractivity contribution >= 4 is 49.8 Å². The molecule has 0 unspecified atom stereocenters. The molecule has 1 aromatic heterocycles. The van der Waals surface area contributed by atoms with E-state index in [9.17, 15) is 18.0 Å². The lowest BCUT2D eigenvalue weighted by atomic mass is 10.2. The highest BCUT2D eigenvalue weighted by molar-refractivity contribution is 7.90. The Morgan fingerprint density at radius 3 is 2.63 bits per heavy atom. The minimum absolute atomic E-state index is 0.0232. The topological polar surface area (TPSA) is 146 Å². The average molecular weight is 476 g/mol. The minimum atomic E-state index is -3.49. The largest absolute Gasteiger partial charge is 0.480 e. The number of aromatic nitrogens is 1. The number of carboxylic acid groups (broad SMARTS) is 1. The summed E-state index contributed by atoms with van der Waals surface area (Å²) in [4.78, 5) is 28.0. The molecule has 0 saturated carbocycles. The van der Waals surface area contributed by atoms with E-state index in [2.05, 4.69) is 15.6 Å². The number of rotatable bonds is 10. The maximum absolute atomic E-state index is 12.1. The molecule has 0 bridgehead atoms. The number of sulfone groups is 1. The molecule has 0 saturated heterocycles. The fourth-order valence-corrected chi connectivity index (χ4v) is 4.86. The maximum atomic E-state index is 12.1.